The van der Waals surface area contributed by atoms with Gasteiger partial charge in [-0.1, -0.05) is 6.07 Å². The first-order chi connectivity index (χ1) is 9.56. The van der Waals surface area contributed by atoms with E-state index in [0.29, 0.717) is 5.69 Å². The van der Waals surface area contributed by atoms with Gasteiger partial charge >= 0.3 is 5.69 Å². The topological polar surface area (TPSA) is 67.8 Å². The van der Waals surface area contributed by atoms with Gasteiger partial charge in [-0.15, -0.1) is 0 Å². The van der Waals surface area contributed by atoms with Crippen molar-refractivity contribution >= 4 is 33.6 Å². The minimum Gasteiger partial charge on any atom is -0.273 e. The third-order valence-electron chi connectivity index (χ3n) is 2.78. The Morgan fingerprint density at radius 1 is 1.25 bits per heavy atom. The van der Waals surface area contributed by atoms with Crippen LogP contribution in [-0.2, 0) is 0 Å². The molecule has 0 atom stereocenters. The molecular formula is C13H7FIN3O2. The normalized spacial score (nSPS) is 10.9. The zero-order valence-corrected chi connectivity index (χ0v) is 12.1. The second-order valence-electron chi connectivity index (χ2n) is 4.10. The lowest BCUT2D eigenvalue weighted by atomic mass is 10.3. The first-order valence-corrected chi connectivity index (χ1v) is 6.70. The average molecular weight is 383 g/mol. The van der Waals surface area contributed by atoms with Crippen LogP contribution >= 0.6 is 22.6 Å². The predicted octanol–water partition coefficient (Wildman–Crippen LogP) is 1.82. The van der Waals surface area contributed by atoms with E-state index in [1.54, 1.807) is 18.2 Å². The Kier molecular flexibility index (Phi) is 3.13. The van der Waals surface area contributed by atoms with Gasteiger partial charge in [0.15, 0.2) is 5.65 Å². The van der Waals surface area contributed by atoms with Crippen molar-refractivity contribution in [1.29, 1.82) is 0 Å². The van der Waals surface area contributed by atoms with Crippen molar-refractivity contribution in [2.24, 2.45) is 0 Å². The van der Waals surface area contributed by atoms with Crippen molar-refractivity contribution in [3.8, 4) is 5.69 Å². The molecule has 20 heavy (non-hydrogen) atoms. The summed E-state index contributed by atoms with van der Waals surface area (Å²) in [4.78, 5) is 29.8. The fourth-order valence-corrected chi connectivity index (χ4v) is 2.48. The smallest absolute Gasteiger partial charge is 0.273 e. The Labute approximate surface area is 125 Å². The third kappa shape index (κ3) is 2.13. The standard InChI is InChI=1S/C13H7FIN3O2/c14-7-4-10-11(16-6-7)18(13(20)17-12(10)19)9-3-1-2-8(15)5-9/h1-6H,(H,17,19,20). The van der Waals surface area contributed by atoms with Crippen molar-refractivity contribution in [3.63, 3.8) is 0 Å². The van der Waals surface area contributed by atoms with Crippen molar-refractivity contribution in [1.82, 2.24) is 14.5 Å². The number of aromatic nitrogens is 3. The summed E-state index contributed by atoms with van der Waals surface area (Å²) >= 11 is 2.11. The van der Waals surface area contributed by atoms with E-state index in [-0.39, 0.29) is 11.0 Å². The van der Waals surface area contributed by atoms with Crippen LogP contribution in [0.4, 0.5) is 4.39 Å². The Hall–Kier alpha value is -2.03. The number of benzene rings is 1. The third-order valence-corrected chi connectivity index (χ3v) is 3.45. The number of halogens is 2. The quantitative estimate of drug-likeness (QED) is 0.652. The van der Waals surface area contributed by atoms with Gasteiger partial charge in [0.1, 0.15) is 5.82 Å². The molecule has 2 aromatic heterocycles. The highest BCUT2D eigenvalue weighted by Crippen LogP contribution is 2.14. The number of hydrogen-bond donors (Lipinski definition) is 1. The van der Waals surface area contributed by atoms with E-state index < -0.39 is 17.1 Å². The number of nitrogens with zero attached hydrogens (tertiary/aromatic N) is 2. The van der Waals surface area contributed by atoms with Crippen LogP contribution in [0.15, 0.2) is 46.1 Å². The van der Waals surface area contributed by atoms with Gasteiger partial charge < -0.3 is 0 Å². The molecule has 3 rings (SSSR count). The van der Waals surface area contributed by atoms with Gasteiger partial charge in [0.25, 0.3) is 5.56 Å². The van der Waals surface area contributed by atoms with E-state index in [9.17, 15) is 14.0 Å². The Bertz CT molecular complexity index is 933. The van der Waals surface area contributed by atoms with Gasteiger partial charge in [-0.3, -0.25) is 9.78 Å². The van der Waals surface area contributed by atoms with Crippen LogP contribution in [0.25, 0.3) is 16.7 Å². The summed E-state index contributed by atoms with van der Waals surface area (Å²) in [5.41, 5.74) is -0.577. The van der Waals surface area contributed by atoms with Gasteiger partial charge in [-0.25, -0.2) is 18.7 Å². The summed E-state index contributed by atoms with van der Waals surface area (Å²) in [5.74, 6) is -0.629. The molecule has 0 saturated heterocycles. The highest BCUT2D eigenvalue weighted by atomic mass is 127. The van der Waals surface area contributed by atoms with Crippen molar-refractivity contribution < 1.29 is 4.39 Å². The zero-order valence-electron chi connectivity index (χ0n) is 9.93. The fraction of sp³-hybridized carbons (Fsp3) is 0. The average Bonchev–Trinajstić information content (AvgIpc) is 2.40. The van der Waals surface area contributed by atoms with Crippen LogP contribution in [0.5, 0.6) is 0 Å². The lowest BCUT2D eigenvalue weighted by molar-refractivity contribution is 0.623. The van der Waals surface area contributed by atoms with Crippen LogP contribution < -0.4 is 11.2 Å². The Morgan fingerprint density at radius 3 is 2.80 bits per heavy atom. The number of nitrogens with one attached hydrogen (secondary N) is 1. The minimum absolute atomic E-state index is 0.0310. The van der Waals surface area contributed by atoms with E-state index >= 15 is 0 Å². The maximum atomic E-state index is 13.2. The molecule has 0 unspecified atom stereocenters. The summed E-state index contributed by atoms with van der Waals surface area (Å²) < 4.78 is 15.4. The van der Waals surface area contributed by atoms with E-state index in [1.165, 1.54) is 4.57 Å². The summed E-state index contributed by atoms with van der Waals surface area (Å²) in [6.07, 6.45) is 0.978. The molecule has 5 nitrogen and oxygen atoms in total. The molecule has 100 valence electrons. The molecule has 1 N–H and O–H groups in total. The number of rotatable bonds is 1. The second-order valence-corrected chi connectivity index (χ2v) is 5.34. The molecule has 0 bridgehead atoms. The molecule has 0 fully saturated rings. The van der Waals surface area contributed by atoms with Crippen molar-refractivity contribution in [2.75, 3.05) is 0 Å². The summed E-state index contributed by atoms with van der Waals surface area (Å²) in [7, 11) is 0. The number of pyridine rings is 1. The molecule has 0 aliphatic carbocycles. The van der Waals surface area contributed by atoms with Crippen molar-refractivity contribution in [2.45, 2.75) is 0 Å². The van der Waals surface area contributed by atoms with Gasteiger partial charge in [0.2, 0.25) is 0 Å². The summed E-state index contributed by atoms with van der Waals surface area (Å²) in [6.45, 7) is 0. The van der Waals surface area contributed by atoms with Gasteiger partial charge in [-0.05, 0) is 46.9 Å². The van der Waals surface area contributed by atoms with Crippen molar-refractivity contribution in [3.05, 3.63) is 66.8 Å². The van der Waals surface area contributed by atoms with Crippen LogP contribution in [0.2, 0.25) is 0 Å². The molecule has 0 aliphatic rings. The van der Waals surface area contributed by atoms with E-state index in [4.69, 9.17) is 0 Å². The maximum Gasteiger partial charge on any atom is 0.334 e. The van der Waals surface area contributed by atoms with E-state index in [0.717, 1.165) is 15.8 Å². The molecule has 0 aliphatic heterocycles. The molecule has 1 aromatic carbocycles. The van der Waals surface area contributed by atoms with Gasteiger partial charge in [0.05, 0.1) is 17.3 Å². The van der Waals surface area contributed by atoms with E-state index in [1.807, 2.05) is 6.07 Å². The molecule has 2 heterocycles. The first kappa shape index (κ1) is 13.0. The Morgan fingerprint density at radius 2 is 2.05 bits per heavy atom. The second kappa shape index (κ2) is 4.82. The highest BCUT2D eigenvalue weighted by Gasteiger charge is 2.11. The molecule has 7 heteroatoms. The molecule has 0 spiro atoms. The van der Waals surface area contributed by atoms with Crippen LogP contribution in [0.3, 0.4) is 0 Å². The molecular weight excluding hydrogens is 376 g/mol. The Balaban J connectivity index is 2.47. The van der Waals surface area contributed by atoms with Crippen LogP contribution in [0.1, 0.15) is 0 Å². The van der Waals surface area contributed by atoms with Gasteiger partial charge in [-0.2, -0.15) is 0 Å². The predicted molar refractivity (Wildman–Crippen MR) is 80.6 cm³/mol. The first-order valence-electron chi connectivity index (χ1n) is 5.63. The fourth-order valence-electron chi connectivity index (χ4n) is 1.95. The summed E-state index contributed by atoms with van der Waals surface area (Å²) in [6, 6.07) is 8.20. The highest BCUT2D eigenvalue weighted by molar-refractivity contribution is 14.1. The minimum atomic E-state index is -0.654. The molecule has 3 aromatic rings. The summed E-state index contributed by atoms with van der Waals surface area (Å²) in [5, 5.41) is 0.0310. The van der Waals surface area contributed by atoms with Crippen LogP contribution in [0, 0.1) is 9.39 Å². The van der Waals surface area contributed by atoms with Crippen LogP contribution in [-0.4, -0.2) is 14.5 Å². The molecule has 0 radical (unpaired) electrons. The molecule has 0 amide bonds. The maximum absolute atomic E-state index is 13.2. The number of fused-ring (bicyclic) bond motifs is 1. The lowest BCUT2D eigenvalue weighted by Crippen LogP contribution is -2.30. The zero-order chi connectivity index (χ0) is 14.3. The number of hydrogen-bond acceptors (Lipinski definition) is 3. The number of aromatic amines is 1. The lowest BCUT2D eigenvalue weighted by Gasteiger charge is -2.08. The SMILES string of the molecule is O=c1[nH]c(=O)n(-c2cccc(I)c2)c2ncc(F)cc12. The largest absolute Gasteiger partial charge is 0.334 e. The number of H-pyrrole nitrogens is 1. The molecule has 0 saturated carbocycles. The van der Waals surface area contributed by atoms with Gasteiger partial charge in [0, 0.05) is 3.57 Å². The van der Waals surface area contributed by atoms with E-state index in [2.05, 4.69) is 32.6 Å². The monoisotopic (exact) mass is 383 g/mol.